The molecule has 1 fully saturated rings. The summed E-state index contributed by atoms with van der Waals surface area (Å²) < 4.78 is 13.6. The van der Waals surface area contributed by atoms with Crippen LogP contribution in [0.25, 0.3) is 0 Å². The van der Waals surface area contributed by atoms with Crippen molar-refractivity contribution < 1.29 is 9.18 Å². The topological polar surface area (TPSA) is 20.3 Å². The molecule has 0 aliphatic carbocycles. The standard InChI is InChI=1S/C16H21BrFNO/c1-16(2,3)12-6-8-19(9-7-12)15(20)11-4-5-14(18)13(17)10-11/h4-5,10,12H,6-9H2,1-3H3. The zero-order valence-electron chi connectivity index (χ0n) is 12.2. The second kappa shape index (κ2) is 5.84. The molecule has 0 spiro atoms. The number of nitrogens with zero attached hydrogens (tertiary/aromatic N) is 1. The van der Waals surface area contributed by atoms with Gasteiger partial charge < -0.3 is 4.90 Å². The molecule has 1 aliphatic rings. The van der Waals surface area contributed by atoms with Gasteiger partial charge in [0, 0.05) is 18.7 Å². The summed E-state index contributed by atoms with van der Waals surface area (Å²) in [5, 5.41) is 0. The Kier molecular flexibility index (Phi) is 4.52. The lowest BCUT2D eigenvalue weighted by atomic mass is 9.75. The first-order valence-corrected chi connectivity index (χ1v) is 7.82. The summed E-state index contributed by atoms with van der Waals surface area (Å²) in [6.07, 6.45) is 2.08. The number of benzene rings is 1. The molecule has 1 aromatic carbocycles. The molecule has 0 atom stereocenters. The quantitative estimate of drug-likeness (QED) is 0.737. The van der Waals surface area contributed by atoms with Crippen LogP contribution in [0.2, 0.25) is 0 Å². The number of carbonyl (C=O) groups is 1. The molecule has 2 rings (SSSR count). The molecule has 0 saturated carbocycles. The van der Waals surface area contributed by atoms with Crippen molar-refractivity contribution in [3.05, 3.63) is 34.1 Å². The van der Waals surface area contributed by atoms with Crippen molar-refractivity contribution in [2.75, 3.05) is 13.1 Å². The van der Waals surface area contributed by atoms with Crippen LogP contribution < -0.4 is 0 Å². The molecule has 20 heavy (non-hydrogen) atoms. The van der Waals surface area contributed by atoms with Gasteiger partial charge in [-0.25, -0.2) is 4.39 Å². The number of halogens is 2. The number of hydrogen-bond acceptors (Lipinski definition) is 1. The van der Waals surface area contributed by atoms with Gasteiger partial charge in [-0.3, -0.25) is 4.79 Å². The number of rotatable bonds is 1. The average Bonchev–Trinajstić information content (AvgIpc) is 2.40. The Hall–Kier alpha value is -0.900. The van der Waals surface area contributed by atoms with E-state index in [-0.39, 0.29) is 11.7 Å². The van der Waals surface area contributed by atoms with Gasteiger partial charge in [-0.1, -0.05) is 20.8 Å². The van der Waals surface area contributed by atoms with Gasteiger partial charge in [-0.15, -0.1) is 0 Å². The average molecular weight is 342 g/mol. The summed E-state index contributed by atoms with van der Waals surface area (Å²) >= 11 is 3.13. The molecule has 1 amide bonds. The first-order chi connectivity index (χ1) is 9.29. The second-order valence-electron chi connectivity index (χ2n) is 6.56. The summed E-state index contributed by atoms with van der Waals surface area (Å²) in [7, 11) is 0. The van der Waals surface area contributed by atoms with Crippen molar-refractivity contribution in [3.63, 3.8) is 0 Å². The summed E-state index contributed by atoms with van der Waals surface area (Å²) in [5.41, 5.74) is 0.848. The maximum Gasteiger partial charge on any atom is 0.253 e. The van der Waals surface area contributed by atoms with E-state index in [1.807, 2.05) is 4.90 Å². The Morgan fingerprint density at radius 3 is 2.40 bits per heavy atom. The zero-order chi connectivity index (χ0) is 14.9. The van der Waals surface area contributed by atoms with Gasteiger partial charge >= 0.3 is 0 Å². The van der Waals surface area contributed by atoms with E-state index in [9.17, 15) is 9.18 Å². The Morgan fingerprint density at radius 2 is 1.90 bits per heavy atom. The second-order valence-corrected chi connectivity index (χ2v) is 7.42. The summed E-state index contributed by atoms with van der Waals surface area (Å²) in [5.74, 6) is 0.317. The van der Waals surface area contributed by atoms with Crippen LogP contribution in [0, 0.1) is 17.2 Å². The first kappa shape index (κ1) is 15.5. The highest BCUT2D eigenvalue weighted by atomic mass is 79.9. The highest BCUT2D eigenvalue weighted by Crippen LogP contribution is 2.34. The van der Waals surface area contributed by atoms with E-state index in [2.05, 4.69) is 36.7 Å². The smallest absolute Gasteiger partial charge is 0.253 e. The lowest BCUT2D eigenvalue weighted by Crippen LogP contribution is -2.41. The fourth-order valence-electron chi connectivity index (χ4n) is 2.76. The minimum Gasteiger partial charge on any atom is -0.339 e. The number of amides is 1. The number of piperidine rings is 1. The molecule has 1 heterocycles. The molecular formula is C16H21BrFNO. The third-order valence-corrected chi connectivity index (χ3v) is 4.78. The van der Waals surface area contributed by atoms with Gasteiger partial charge in [-0.2, -0.15) is 0 Å². The van der Waals surface area contributed by atoms with Gasteiger partial charge in [0.2, 0.25) is 0 Å². The van der Waals surface area contributed by atoms with Crippen LogP contribution >= 0.6 is 15.9 Å². The van der Waals surface area contributed by atoms with Crippen molar-refractivity contribution in [1.29, 1.82) is 0 Å². The van der Waals surface area contributed by atoms with E-state index in [1.54, 1.807) is 12.1 Å². The SMILES string of the molecule is CC(C)(C)C1CCN(C(=O)c2ccc(F)c(Br)c2)CC1. The Bertz CT molecular complexity index is 502. The van der Waals surface area contributed by atoms with E-state index < -0.39 is 0 Å². The maximum absolute atomic E-state index is 13.2. The molecule has 1 aromatic rings. The molecule has 110 valence electrons. The Balaban J connectivity index is 2.03. The fraction of sp³-hybridized carbons (Fsp3) is 0.562. The number of likely N-dealkylation sites (tertiary alicyclic amines) is 1. The van der Waals surface area contributed by atoms with Crippen LogP contribution in [0.15, 0.2) is 22.7 Å². The van der Waals surface area contributed by atoms with E-state index >= 15 is 0 Å². The van der Waals surface area contributed by atoms with Gasteiger partial charge in [0.1, 0.15) is 5.82 Å². The molecule has 4 heteroatoms. The lowest BCUT2D eigenvalue weighted by Gasteiger charge is -2.38. The normalized spacial score (nSPS) is 17.4. The van der Waals surface area contributed by atoms with E-state index in [0.29, 0.717) is 21.4 Å². The Morgan fingerprint density at radius 1 is 1.30 bits per heavy atom. The Labute approximate surface area is 128 Å². The third-order valence-electron chi connectivity index (χ3n) is 4.17. The van der Waals surface area contributed by atoms with Crippen molar-refractivity contribution in [1.82, 2.24) is 4.90 Å². The predicted molar refractivity (Wildman–Crippen MR) is 82.2 cm³/mol. The highest BCUT2D eigenvalue weighted by Gasteiger charge is 2.30. The van der Waals surface area contributed by atoms with Crippen molar-refractivity contribution >= 4 is 21.8 Å². The van der Waals surface area contributed by atoms with Gasteiger partial charge in [0.15, 0.2) is 0 Å². The minimum atomic E-state index is -0.340. The molecule has 0 N–H and O–H groups in total. The van der Waals surface area contributed by atoms with Crippen LogP contribution in [0.1, 0.15) is 44.0 Å². The van der Waals surface area contributed by atoms with Gasteiger partial charge in [-0.05, 0) is 58.3 Å². The first-order valence-electron chi connectivity index (χ1n) is 7.03. The van der Waals surface area contributed by atoms with Gasteiger partial charge in [0.05, 0.1) is 4.47 Å². The minimum absolute atomic E-state index is 0.00180. The molecule has 0 unspecified atom stereocenters. The molecule has 0 radical (unpaired) electrons. The number of carbonyl (C=O) groups excluding carboxylic acids is 1. The summed E-state index contributed by atoms with van der Waals surface area (Å²) in [4.78, 5) is 14.3. The fourth-order valence-corrected chi connectivity index (χ4v) is 3.14. The zero-order valence-corrected chi connectivity index (χ0v) is 13.8. The maximum atomic E-state index is 13.2. The largest absolute Gasteiger partial charge is 0.339 e. The van der Waals surface area contributed by atoms with E-state index in [4.69, 9.17) is 0 Å². The molecule has 0 aromatic heterocycles. The van der Waals surface area contributed by atoms with Gasteiger partial charge in [0.25, 0.3) is 5.91 Å². The van der Waals surface area contributed by atoms with Crippen LogP contribution in [0.4, 0.5) is 4.39 Å². The summed E-state index contributed by atoms with van der Waals surface area (Å²) in [6, 6.07) is 4.45. The van der Waals surface area contributed by atoms with Crippen LogP contribution in [0.5, 0.6) is 0 Å². The van der Waals surface area contributed by atoms with Crippen LogP contribution in [0.3, 0.4) is 0 Å². The molecule has 0 bridgehead atoms. The van der Waals surface area contributed by atoms with E-state index in [1.165, 1.54) is 6.07 Å². The van der Waals surface area contributed by atoms with Crippen molar-refractivity contribution in [3.8, 4) is 0 Å². The number of hydrogen-bond donors (Lipinski definition) is 0. The monoisotopic (exact) mass is 341 g/mol. The van der Waals surface area contributed by atoms with Crippen LogP contribution in [-0.2, 0) is 0 Å². The van der Waals surface area contributed by atoms with Crippen molar-refractivity contribution in [2.45, 2.75) is 33.6 Å². The molecule has 1 saturated heterocycles. The van der Waals surface area contributed by atoms with E-state index in [0.717, 1.165) is 25.9 Å². The molecule has 1 aliphatic heterocycles. The highest BCUT2D eigenvalue weighted by molar-refractivity contribution is 9.10. The van der Waals surface area contributed by atoms with Crippen molar-refractivity contribution in [2.24, 2.45) is 11.3 Å². The van der Waals surface area contributed by atoms with Crippen LogP contribution in [-0.4, -0.2) is 23.9 Å². The summed E-state index contributed by atoms with van der Waals surface area (Å²) in [6.45, 7) is 8.34. The third kappa shape index (κ3) is 3.40. The lowest BCUT2D eigenvalue weighted by molar-refractivity contribution is 0.0608. The predicted octanol–water partition coefficient (Wildman–Crippen LogP) is 4.49. The molecule has 2 nitrogen and oxygen atoms in total. The molecular weight excluding hydrogens is 321 g/mol.